The molecule has 0 spiro atoms. The van der Waals surface area contributed by atoms with Crippen LogP contribution < -0.4 is 4.74 Å². The van der Waals surface area contributed by atoms with Gasteiger partial charge >= 0.3 is 0 Å². The maximum atomic E-state index is 13.3. The molecule has 33 heavy (non-hydrogen) atoms. The van der Waals surface area contributed by atoms with E-state index in [2.05, 4.69) is 0 Å². The number of hydrogen-bond acceptors (Lipinski definition) is 10. The summed E-state index contributed by atoms with van der Waals surface area (Å²) in [5.41, 5.74) is 1.20. The van der Waals surface area contributed by atoms with E-state index in [9.17, 15) is 25.2 Å². The lowest BCUT2D eigenvalue weighted by molar-refractivity contribution is -0.323. The van der Waals surface area contributed by atoms with E-state index in [0.717, 1.165) is 5.56 Å². The molecule has 1 aliphatic carbocycles. The fraction of sp³-hybridized carbons (Fsp3) is 0.609. The molecule has 2 aliphatic heterocycles. The third-order valence-corrected chi connectivity index (χ3v) is 6.62. The second kappa shape index (κ2) is 10.1. The van der Waals surface area contributed by atoms with E-state index >= 15 is 0 Å². The van der Waals surface area contributed by atoms with Gasteiger partial charge < -0.3 is 44.1 Å². The highest BCUT2D eigenvalue weighted by Gasteiger charge is 2.50. The highest BCUT2D eigenvalue weighted by molar-refractivity contribution is 6.22. The highest BCUT2D eigenvalue weighted by atomic mass is 16.7. The molecule has 10 nitrogen and oxygen atoms in total. The summed E-state index contributed by atoms with van der Waals surface area (Å²) in [7, 11) is 3.05. The van der Waals surface area contributed by atoms with Crippen LogP contribution in [-0.4, -0.2) is 96.1 Å². The Labute approximate surface area is 191 Å². The normalized spacial score (nSPS) is 38.8. The maximum Gasteiger partial charge on any atom is 0.187 e. The van der Waals surface area contributed by atoms with Gasteiger partial charge in [-0.05, 0) is 30.5 Å². The molecule has 1 saturated carbocycles. The van der Waals surface area contributed by atoms with Crippen molar-refractivity contribution in [3.8, 4) is 5.75 Å². The summed E-state index contributed by atoms with van der Waals surface area (Å²) in [6.07, 6.45) is -6.44. The molecule has 3 aliphatic rings. The van der Waals surface area contributed by atoms with Crippen LogP contribution in [0.2, 0.25) is 0 Å². The van der Waals surface area contributed by atoms with E-state index in [1.165, 1.54) is 13.4 Å². The zero-order valence-corrected chi connectivity index (χ0v) is 18.4. The van der Waals surface area contributed by atoms with E-state index in [4.69, 9.17) is 23.7 Å². The van der Waals surface area contributed by atoms with Gasteiger partial charge in [-0.3, -0.25) is 4.79 Å². The van der Waals surface area contributed by atoms with Crippen molar-refractivity contribution in [2.45, 2.75) is 61.9 Å². The van der Waals surface area contributed by atoms with Crippen molar-refractivity contribution in [2.75, 3.05) is 20.8 Å². The summed E-state index contributed by atoms with van der Waals surface area (Å²) in [5.74, 6) is 0.197. The van der Waals surface area contributed by atoms with Crippen LogP contribution in [0.3, 0.4) is 0 Å². The fourth-order valence-corrected chi connectivity index (χ4v) is 4.73. The zero-order chi connectivity index (χ0) is 23.7. The average Bonchev–Trinajstić information content (AvgIpc) is 2.84. The smallest absolute Gasteiger partial charge is 0.187 e. The van der Waals surface area contributed by atoms with Gasteiger partial charge in [-0.1, -0.05) is 12.1 Å². The van der Waals surface area contributed by atoms with Gasteiger partial charge in [0.1, 0.15) is 42.4 Å². The number of aliphatic hydroxyl groups excluding tert-OH is 4. The van der Waals surface area contributed by atoms with Gasteiger partial charge in [-0.25, -0.2) is 0 Å². The molecule has 2 fully saturated rings. The average molecular weight is 466 g/mol. The zero-order valence-electron chi connectivity index (χ0n) is 18.4. The molecule has 4 unspecified atom stereocenters. The molecule has 1 aromatic rings. The predicted octanol–water partition coefficient (Wildman–Crippen LogP) is -0.386. The predicted molar refractivity (Wildman–Crippen MR) is 113 cm³/mol. The lowest BCUT2D eigenvalue weighted by Crippen LogP contribution is -2.61. The van der Waals surface area contributed by atoms with E-state index in [0.29, 0.717) is 24.2 Å². The molecule has 1 aromatic carbocycles. The van der Waals surface area contributed by atoms with E-state index in [1.54, 1.807) is 31.4 Å². The molecular weight excluding hydrogens is 436 g/mol. The quantitative estimate of drug-likeness (QED) is 0.438. The van der Waals surface area contributed by atoms with Gasteiger partial charge in [0.05, 0.1) is 37.6 Å². The van der Waals surface area contributed by atoms with E-state index < -0.39 is 61.5 Å². The third kappa shape index (κ3) is 4.52. The first-order valence-electron chi connectivity index (χ1n) is 10.9. The van der Waals surface area contributed by atoms with Crippen LogP contribution in [0.15, 0.2) is 30.5 Å². The summed E-state index contributed by atoms with van der Waals surface area (Å²) >= 11 is 0. The Morgan fingerprint density at radius 1 is 1.03 bits per heavy atom. The van der Waals surface area contributed by atoms with Gasteiger partial charge in [0.25, 0.3) is 0 Å². The lowest BCUT2D eigenvalue weighted by atomic mass is 9.76. The molecule has 2 heterocycles. The Morgan fingerprint density at radius 3 is 2.39 bits per heavy atom. The number of carbonyl (C=O) groups is 1. The number of ether oxygens (including phenoxy) is 5. The molecule has 4 rings (SSSR count). The van der Waals surface area contributed by atoms with Gasteiger partial charge in [-0.15, -0.1) is 0 Å². The van der Waals surface area contributed by atoms with Gasteiger partial charge in [0, 0.05) is 7.11 Å². The molecule has 0 aromatic heterocycles. The number of allylic oxidation sites excluding steroid dienone is 1. The number of aliphatic hydroxyl groups is 4. The number of benzene rings is 1. The minimum absolute atomic E-state index is 0.0512. The number of fused-ring (bicyclic) bond motifs is 1. The molecule has 182 valence electrons. The molecule has 4 N–H and O–H groups in total. The summed E-state index contributed by atoms with van der Waals surface area (Å²) in [5, 5.41) is 39.7. The number of ketones is 1. The minimum atomic E-state index is -1.54. The number of rotatable bonds is 6. The van der Waals surface area contributed by atoms with Crippen LogP contribution >= 0.6 is 0 Å². The number of carbonyl (C=O) groups excluding carboxylic acids is 1. The molecule has 1 saturated heterocycles. The van der Waals surface area contributed by atoms with Crippen LogP contribution in [0, 0.1) is 5.92 Å². The standard InChI is InChI=1S/C23H30O10/c1-29-12-5-3-11(4-6-12)14-10-31-21-13(17(14)25)7-8-15(22(21)30-2)32-23-20(28)19(27)18(26)16(9-24)33-23/h3-6,10,13,15-16,18-24,26-28H,7-9H2,1-2H3/t13?,15?,16-,18-,19+,20-,21?,22?,23-/m1/s1. The monoisotopic (exact) mass is 466 g/mol. The van der Waals surface area contributed by atoms with Crippen molar-refractivity contribution in [2.24, 2.45) is 5.92 Å². The molecule has 9 atom stereocenters. The minimum Gasteiger partial charge on any atom is -0.497 e. The first kappa shape index (κ1) is 24.1. The Kier molecular flexibility index (Phi) is 7.34. The molecule has 10 heteroatoms. The van der Waals surface area contributed by atoms with Crippen molar-refractivity contribution in [1.29, 1.82) is 0 Å². The first-order chi connectivity index (χ1) is 15.9. The van der Waals surface area contributed by atoms with Crippen LogP contribution in [0.25, 0.3) is 5.57 Å². The Balaban J connectivity index is 1.49. The van der Waals surface area contributed by atoms with Crippen LogP contribution in [0.5, 0.6) is 5.75 Å². The second-order valence-electron chi connectivity index (χ2n) is 8.48. The van der Waals surface area contributed by atoms with Crippen molar-refractivity contribution < 1.29 is 48.9 Å². The van der Waals surface area contributed by atoms with Crippen molar-refractivity contribution in [1.82, 2.24) is 0 Å². The maximum absolute atomic E-state index is 13.3. The van der Waals surface area contributed by atoms with E-state index in [-0.39, 0.29) is 5.78 Å². The largest absolute Gasteiger partial charge is 0.497 e. The number of Topliss-reactive ketones (excluding diaryl/α,β-unsaturated/α-hetero) is 1. The van der Waals surface area contributed by atoms with Crippen molar-refractivity contribution in [3.05, 3.63) is 36.1 Å². The molecule has 0 radical (unpaired) electrons. The SMILES string of the molecule is COc1ccc(C2=COC3C(CCC(O[C@@H]4O[C@H](CO)[C@@H](O)[C@H](O)[C@H]4O)C3OC)C2=O)cc1. The highest BCUT2D eigenvalue weighted by Crippen LogP contribution is 2.39. The topological polar surface area (TPSA) is 144 Å². The lowest BCUT2D eigenvalue weighted by Gasteiger charge is -2.46. The number of methoxy groups -OCH3 is 2. The molecule has 0 amide bonds. The van der Waals surface area contributed by atoms with Crippen LogP contribution in [0.1, 0.15) is 18.4 Å². The summed E-state index contributed by atoms with van der Waals surface area (Å²) < 4.78 is 28.1. The Bertz CT molecular complexity index is 853. The molecular formula is C23H30O10. The Morgan fingerprint density at radius 2 is 1.76 bits per heavy atom. The van der Waals surface area contributed by atoms with E-state index in [1.807, 2.05) is 0 Å². The summed E-state index contributed by atoms with van der Waals surface area (Å²) in [6, 6.07) is 7.15. The van der Waals surface area contributed by atoms with Gasteiger partial charge in [0.15, 0.2) is 12.1 Å². The first-order valence-corrected chi connectivity index (χ1v) is 10.9. The van der Waals surface area contributed by atoms with Crippen LogP contribution in [-0.2, 0) is 23.7 Å². The van der Waals surface area contributed by atoms with Gasteiger partial charge in [0.2, 0.25) is 0 Å². The third-order valence-electron chi connectivity index (χ3n) is 6.62. The molecule has 0 bridgehead atoms. The second-order valence-corrected chi connectivity index (χ2v) is 8.48. The van der Waals surface area contributed by atoms with Gasteiger partial charge in [-0.2, -0.15) is 0 Å². The Hall–Kier alpha value is -2.05. The summed E-state index contributed by atoms with van der Waals surface area (Å²) in [6.45, 7) is -0.551. The fourth-order valence-electron chi connectivity index (χ4n) is 4.73. The van der Waals surface area contributed by atoms with Crippen molar-refractivity contribution in [3.63, 3.8) is 0 Å². The number of hydrogen-bond donors (Lipinski definition) is 4. The van der Waals surface area contributed by atoms with Crippen LogP contribution in [0.4, 0.5) is 0 Å². The summed E-state index contributed by atoms with van der Waals surface area (Å²) in [4.78, 5) is 13.3. The van der Waals surface area contributed by atoms with Crippen molar-refractivity contribution >= 4 is 11.4 Å².